The third-order valence-corrected chi connectivity index (χ3v) is 2.48. The number of aromatic amines is 1. The Morgan fingerprint density at radius 3 is 2.94 bits per heavy atom. The Kier molecular flexibility index (Phi) is 2.99. The number of hydrogen-bond donors (Lipinski definition) is 2. The molecule has 0 saturated carbocycles. The smallest absolute Gasteiger partial charge is 0.327 e. The highest BCUT2D eigenvalue weighted by atomic mass is 16.5. The topological polar surface area (TPSA) is 98.8 Å². The van der Waals surface area contributed by atoms with Crippen molar-refractivity contribution in [1.82, 2.24) is 19.5 Å². The van der Waals surface area contributed by atoms with E-state index in [0.29, 0.717) is 17.8 Å². The van der Waals surface area contributed by atoms with Gasteiger partial charge in [0.05, 0.1) is 6.61 Å². The van der Waals surface area contributed by atoms with Crippen LogP contribution in [0.5, 0.6) is 6.01 Å². The first-order chi connectivity index (χ1) is 8.13. The average molecular weight is 237 g/mol. The Morgan fingerprint density at radius 1 is 1.47 bits per heavy atom. The Bertz CT molecular complexity index is 586. The monoisotopic (exact) mass is 237 g/mol. The van der Waals surface area contributed by atoms with Gasteiger partial charge in [0.15, 0.2) is 11.5 Å². The van der Waals surface area contributed by atoms with Crippen LogP contribution in [0.3, 0.4) is 0 Å². The molecule has 0 aliphatic carbocycles. The van der Waals surface area contributed by atoms with Crippen molar-refractivity contribution < 1.29 is 4.74 Å². The Morgan fingerprint density at radius 2 is 2.24 bits per heavy atom. The molecule has 92 valence electrons. The number of H-pyrrole nitrogens is 1. The molecule has 0 unspecified atom stereocenters. The molecule has 2 heterocycles. The van der Waals surface area contributed by atoms with Crippen LogP contribution in [0.4, 0.5) is 5.82 Å². The van der Waals surface area contributed by atoms with Crippen LogP contribution in [0.25, 0.3) is 11.2 Å². The molecule has 0 atom stereocenters. The highest BCUT2D eigenvalue weighted by Gasteiger charge is 2.11. The van der Waals surface area contributed by atoms with Crippen LogP contribution in [0.2, 0.25) is 0 Å². The van der Waals surface area contributed by atoms with Gasteiger partial charge in [-0.05, 0) is 6.42 Å². The minimum absolute atomic E-state index is 0.199. The SMILES string of the molecule is CCCCOc1nc(N)c2c(n1)[nH]c(=O)n2C. The maximum Gasteiger partial charge on any atom is 0.327 e. The van der Waals surface area contributed by atoms with Crippen LogP contribution in [0, 0.1) is 0 Å². The first-order valence-electron chi connectivity index (χ1n) is 5.48. The van der Waals surface area contributed by atoms with Gasteiger partial charge in [-0.2, -0.15) is 9.97 Å². The summed E-state index contributed by atoms with van der Waals surface area (Å²) in [4.78, 5) is 22.1. The largest absolute Gasteiger partial charge is 0.463 e. The van der Waals surface area contributed by atoms with Gasteiger partial charge in [-0.25, -0.2) is 4.79 Å². The van der Waals surface area contributed by atoms with Crippen molar-refractivity contribution in [3.63, 3.8) is 0 Å². The molecule has 0 bridgehead atoms. The number of nitrogen functional groups attached to an aromatic ring is 1. The Balaban J connectivity index is 2.38. The van der Waals surface area contributed by atoms with Gasteiger partial charge in [0.1, 0.15) is 5.52 Å². The average Bonchev–Trinajstić information content (AvgIpc) is 2.55. The summed E-state index contributed by atoms with van der Waals surface area (Å²) < 4.78 is 6.73. The van der Waals surface area contributed by atoms with Crippen molar-refractivity contribution in [2.45, 2.75) is 19.8 Å². The Labute approximate surface area is 97.6 Å². The number of ether oxygens (including phenoxy) is 1. The highest BCUT2D eigenvalue weighted by Crippen LogP contribution is 2.17. The van der Waals surface area contributed by atoms with Gasteiger partial charge >= 0.3 is 11.7 Å². The van der Waals surface area contributed by atoms with Gasteiger partial charge in [-0.3, -0.25) is 9.55 Å². The predicted molar refractivity (Wildman–Crippen MR) is 63.9 cm³/mol. The molecule has 0 saturated heterocycles. The predicted octanol–water partition coefficient (Wildman–Crippen LogP) is 0.418. The molecule has 0 aromatic carbocycles. The number of nitrogens with one attached hydrogen (secondary N) is 1. The van der Waals surface area contributed by atoms with Crippen LogP contribution >= 0.6 is 0 Å². The maximum absolute atomic E-state index is 11.4. The fraction of sp³-hybridized carbons (Fsp3) is 0.500. The van der Waals surface area contributed by atoms with E-state index in [1.165, 1.54) is 4.57 Å². The normalized spacial score (nSPS) is 10.9. The lowest BCUT2D eigenvalue weighted by atomic mass is 10.4. The van der Waals surface area contributed by atoms with Gasteiger partial charge in [0, 0.05) is 7.05 Å². The number of hydrogen-bond acceptors (Lipinski definition) is 5. The molecule has 2 aromatic rings. The number of anilines is 1. The molecule has 0 radical (unpaired) electrons. The standard InChI is InChI=1S/C10H15N5O2/c1-3-4-5-17-9-12-7(11)6-8(13-9)14-10(16)15(6)2/h3-5H2,1-2H3,(H3,11,12,13,14,16). The second-order valence-corrected chi connectivity index (χ2v) is 3.78. The molecule has 7 nitrogen and oxygen atoms in total. The fourth-order valence-corrected chi connectivity index (χ4v) is 1.53. The lowest BCUT2D eigenvalue weighted by molar-refractivity contribution is 0.287. The molecule has 0 aliphatic rings. The van der Waals surface area contributed by atoms with Crippen molar-refractivity contribution in [2.24, 2.45) is 7.05 Å². The number of fused-ring (bicyclic) bond motifs is 1. The quantitative estimate of drug-likeness (QED) is 0.751. The van der Waals surface area contributed by atoms with Crippen LogP contribution in [-0.4, -0.2) is 26.1 Å². The zero-order chi connectivity index (χ0) is 12.4. The van der Waals surface area contributed by atoms with Crippen molar-refractivity contribution >= 4 is 17.0 Å². The van der Waals surface area contributed by atoms with E-state index in [4.69, 9.17) is 10.5 Å². The molecule has 0 fully saturated rings. The van der Waals surface area contributed by atoms with Gasteiger partial charge in [-0.1, -0.05) is 13.3 Å². The first-order valence-corrected chi connectivity index (χ1v) is 5.48. The van der Waals surface area contributed by atoms with Gasteiger partial charge in [-0.15, -0.1) is 0 Å². The van der Waals surface area contributed by atoms with Crippen LogP contribution in [-0.2, 0) is 7.05 Å². The highest BCUT2D eigenvalue weighted by molar-refractivity contribution is 5.81. The maximum atomic E-state index is 11.4. The molecule has 0 amide bonds. The minimum Gasteiger partial charge on any atom is -0.463 e. The number of rotatable bonds is 4. The molecule has 3 N–H and O–H groups in total. The fourth-order valence-electron chi connectivity index (χ4n) is 1.53. The molecule has 2 rings (SSSR count). The summed E-state index contributed by atoms with van der Waals surface area (Å²) >= 11 is 0. The summed E-state index contributed by atoms with van der Waals surface area (Å²) in [7, 11) is 1.61. The van der Waals surface area contributed by atoms with Crippen molar-refractivity contribution in [1.29, 1.82) is 0 Å². The van der Waals surface area contributed by atoms with E-state index in [9.17, 15) is 4.79 Å². The van der Waals surface area contributed by atoms with E-state index in [0.717, 1.165) is 12.8 Å². The summed E-state index contributed by atoms with van der Waals surface area (Å²) in [5.41, 5.74) is 6.39. The second kappa shape index (κ2) is 4.44. The number of aromatic nitrogens is 4. The van der Waals surface area contributed by atoms with E-state index in [2.05, 4.69) is 21.9 Å². The van der Waals surface area contributed by atoms with Gasteiger partial charge in [0.25, 0.3) is 0 Å². The van der Waals surface area contributed by atoms with Crippen molar-refractivity contribution in [2.75, 3.05) is 12.3 Å². The number of unbranched alkanes of at least 4 members (excludes halogenated alkanes) is 1. The molecule has 0 spiro atoms. The molecule has 0 aliphatic heterocycles. The summed E-state index contributed by atoms with van der Waals surface area (Å²) in [6, 6.07) is 0.199. The molecule has 2 aromatic heterocycles. The molecular weight excluding hydrogens is 222 g/mol. The summed E-state index contributed by atoms with van der Waals surface area (Å²) in [5.74, 6) is 0.238. The molecular formula is C10H15N5O2. The lowest BCUT2D eigenvalue weighted by Gasteiger charge is -2.04. The summed E-state index contributed by atoms with van der Waals surface area (Å²) in [5, 5.41) is 0. The Hall–Kier alpha value is -2.05. The second-order valence-electron chi connectivity index (χ2n) is 3.78. The number of imidazole rings is 1. The molecule has 7 heteroatoms. The van der Waals surface area contributed by atoms with E-state index in [-0.39, 0.29) is 17.5 Å². The van der Waals surface area contributed by atoms with E-state index in [1.807, 2.05) is 0 Å². The number of aryl methyl sites for hydroxylation is 1. The zero-order valence-electron chi connectivity index (χ0n) is 9.86. The van der Waals surface area contributed by atoms with E-state index in [1.54, 1.807) is 7.05 Å². The van der Waals surface area contributed by atoms with Crippen LogP contribution < -0.4 is 16.2 Å². The third-order valence-electron chi connectivity index (χ3n) is 2.48. The minimum atomic E-state index is -0.272. The first kappa shape index (κ1) is 11.4. The summed E-state index contributed by atoms with van der Waals surface area (Å²) in [6.07, 6.45) is 1.95. The van der Waals surface area contributed by atoms with Crippen molar-refractivity contribution in [3.05, 3.63) is 10.5 Å². The third kappa shape index (κ3) is 2.08. The number of nitrogens with two attached hydrogens (primary N) is 1. The zero-order valence-corrected chi connectivity index (χ0v) is 9.86. The summed E-state index contributed by atoms with van der Waals surface area (Å²) in [6.45, 7) is 2.61. The van der Waals surface area contributed by atoms with Gasteiger partial charge in [0.2, 0.25) is 0 Å². The number of nitrogens with zero attached hydrogens (tertiary/aromatic N) is 3. The van der Waals surface area contributed by atoms with E-state index >= 15 is 0 Å². The van der Waals surface area contributed by atoms with Crippen LogP contribution in [0.1, 0.15) is 19.8 Å². The van der Waals surface area contributed by atoms with Crippen molar-refractivity contribution in [3.8, 4) is 6.01 Å². The van der Waals surface area contributed by atoms with Crippen LogP contribution in [0.15, 0.2) is 4.79 Å². The van der Waals surface area contributed by atoms with E-state index < -0.39 is 0 Å². The lowest BCUT2D eigenvalue weighted by Crippen LogP contribution is -2.12. The van der Waals surface area contributed by atoms with Gasteiger partial charge < -0.3 is 10.5 Å². The molecule has 17 heavy (non-hydrogen) atoms.